The third kappa shape index (κ3) is 10.4. The van der Waals surface area contributed by atoms with Crippen LogP contribution in [0.4, 0.5) is 0 Å². The molecule has 0 spiro atoms. The Morgan fingerprint density at radius 1 is 0.556 bits per heavy atom. The van der Waals surface area contributed by atoms with Crippen LogP contribution in [-0.4, -0.2) is 139 Å². The highest BCUT2D eigenvalue weighted by Crippen LogP contribution is 2.38. The van der Waals surface area contributed by atoms with Crippen molar-refractivity contribution in [3.8, 4) is 0 Å². The second-order valence-electron chi connectivity index (χ2n) is 15.2. The zero-order valence-electron chi connectivity index (χ0n) is 31.2. The van der Waals surface area contributed by atoms with Crippen LogP contribution in [0, 0.1) is 10.8 Å². The summed E-state index contributed by atoms with van der Waals surface area (Å²) < 4.78 is 10.7. The summed E-state index contributed by atoms with van der Waals surface area (Å²) in [5.41, 5.74) is -7.03. The molecule has 2 saturated heterocycles. The Labute approximate surface area is 310 Å². The van der Waals surface area contributed by atoms with Crippen molar-refractivity contribution >= 4 is 59.3 Å². The van der Waals surface area contributed by atoms with Gasteiger partial charge in [-0.15, -0.1) is 0 Å². The maximum Gasteiger partial charge on any atom is 0.330 e. The maximum absolute atomic E-state index is 12.9. The van der Waals surface area contributed by atoms with Crippen LogP contribution in [0.2, 0.25) is 0 Å². The first-order valence-electron chi connectivity index (χ1n) is 17.2. The fourth-order valence-electron chi connectivity index (χ4n) is 6.31. The van der Waals surface area contributed by atoms with Crippen LogP contribution in [0.15, 0.2) is 0 Å². The van der Waals surface area contributed by atoms with Crippen molar-refractivity contribution in [1.29, 1.82) is 0 Å². The summed E-state index contributed by atoms with van der Waals surface area (Å²) in [5.74, 6) is -11.1. The first kappa shape index (κ1) is 45.2. The van der Waals surface area contributed by atoms with E-state index in [0.29, 0.717) is 9.80 Å². The van der Waals surface area contributed by atoms with Gasteiger partial charge in [0, 0.05) is 51.4 Å². The van der Waals surface area contributed by atoms with E-state index in [4.69, 9.17) is 9.47 Å². The molecule has 2 fully saturated rings. The molecule has 20 nitrogen and oxygen atoms in total. The van der Waals surface area contributed by atoms with Gasteiger partial charge in [0.05, 0.1) is 26.4 Å². The van der Waals surface area contributed by atoms with E-state index in [2.05, 4.69) is 10.6 Å². The minimum absolute atomic E-state index is 0.0995. The second-order valence-corrected chi connectivity index (χ2v) is 15.2. The Morgan fingerprint density at radius 2 is 0.833 bits per heavy atom. The summed E-state index contributed by atoms with van der Waals surface area (Å²) in [7, 11) is 0. The number of hydrogen-bond donors (Lipinski definition) is 6. The summed E-state index contributed by atoms with van der Waals surface area (Å²) in [4.78, 5) is 126. The van der Waals surface area contributed by atoms with Gasteiger partial charge in [-0.1, -0.05) is 41.5 Å². The number of carbonyl (C=O) groups excluding carboxylic acids is 6. The van der Waals surface area contributed by atoms with Gasteiger partial charge in [-0.2, -0.15) is 0 Å². The van der Waals surface area contributed by atoms with Crippen molar-refractivity contribution in [2.75, 3.05) is 26.4 Å². The zero-order valence-corrected chi connectivity index (χ0v) is 31.2. The minimum Gasteiger partial charge on any atom is -0.480 e. The quantitative estimate of drug-likeness (QED) is 0.0648. The zero-order chi connectivity index (χ0) is 41.4. The molecular formula is C34H50N4O16. The molecule has 6 amide bonds. The normalized spacial score (nSPS) is 18.5. The van der Waals surface area contributed by atoms with Crippen LogP contribution in [-0.2, 0) is 57.4 Å². The van der Waals surface area contributed by atoms with E-state index in [0.717, 1.165) is 0 Å². The van der Waals surface area contributed by atoms with Crippen molar-refractivity contribution < 1.29 is 77.8 Å². The van der Waals surface area contributed by atoms with Crippen LogP contribution in [0.5, 0.6) is 0 Å². The van der Waals surface area contributed by atoms with Crippen molar-refractivity contribution in [2.24, 2.45) is 10.8 Å². The number of carbonyl (C=O) groups is 10. The average molecular weight is 771 g/mol. The standard InChI is InChI=1S/C34H50N4O16/c1-31(2,3)33(29(49)50,17-19(27(45)46)37-23(41)7-8-24(37)42)35-21(39)11-13-53-15-16-54-14-12-22(40)36-34(30(51)52,32(4,5)6)18-20(28(47)48)38-25(43)9-10-26(38)44/h19-20H,7-18H2,1-6H3,(H,35,39)(H,36,40)(H,45,46)(H,47,48)(H,49,50)(H,51,52)/t19?,20?,33-,34-/m1/s1. The number of hydrogen-bond acceptors (Lipinski definition) is 12. The number of rotatable bonds is 21. The molecule has 6 N–H and O–H groups in total. The molecule has 4 atom stereocenters. The first-order valence-corrected chi connectivity index (χ1v) is 17.2. The molecule has 0 aromatic rings. The third-order valence-electron chi connectivity index (χ3n) is 9.69. The summed E-state index contributed by atoms with van der Waals surface area (Å²) in [6, 6.07) is -3.69. The van der Waals surface area contributed by atoms with E-state index in [1.165, 1.54) is 41.5 Å². The van der Waals surface area contributed by atoms with Gasteiger partial charge >= 0.3 is 23.9 Å². The number of amides is 6. The van der Waals surface area contributed by atoms with E-state index in [1.807, 2.05) is 0 Å². The molecule has 0 bridgehead atoms. The van der Waals surface area contributed by atoms with E-state index in [-0.39, 0.29) is 65.0 Å². The Kier molecular flexibility index (Phi) is 15.0. The van der Waals surface area contributed by atoms with Gasteiger partial charge in [0.1, 0.15) is 23.2 Å². The first-order chi connectivity index (χ1) is 24.8. The van der Waals surface area contributed by atoms with Gasteiger partial charge in [0.15, 0.2) is 0 Å². The van der Waals surface area contributed by atoms with Crippen molar-refractivity contribution in [2.45, 2.75) is 116 Å². The molecule has 0 aromatic carbocycles. The van der Waals surface area contributed by atoms with Gasteiger partial charge in [0.2, 0.25) is 35.4 Å². The largest absolute Gasteiger partial charge is 0.480 e. The Bertz CT molecular complexity index is 1390. The highest BCUT2D eigenvalue weighted by Gasteiger charge is 2.56. The molecule has 0 saturated carbocycles. The number of aliphatic carboxylic acids is 4. The number of likely N-dealkylation sites (tertiary alicyclic amines) is 2. The number of nitrogens with zero attached hydrogens (tertiary/aromatic N) is 2. The summed E-state index contributed by atoms with van der Waals surface area (Å²) in [5, 5.41) is 45.0. The minimum atomic E-state index is -2.22. The van der Waals surface area contributed by atoms with Crippen LogP contribution in [0.25, 0.3) is 0 Å². The molecular weight excluding hydrogens is 720 g/mol. The monoisotopic (exact) mass is 770 g/mol. The highest BCUT2D eigenvalue weighted by molar-refractivity contribution is 6.06. The number of nitrogens with one attached hydrogen (secondary N) is 2. The third-order valence-corrected chi connectivity index (χ3v) is 9.69. The van der Waals surface area contributed by atoms with Gasteiger partial charge in [0.25, 0.3) is 0 Å². The lowest BCUT2D eigenvalue weighted by Gasteiger charge is -2.44. The Morgan fingerprint density at radius 3 is 1.06 bits per heavy atom. The molecule has 0 aromatic heterocycles. The fourth-order valence-corrected chi connectivity index (χ4v) is 6.31. The fraction of sp³-hybridized carbons (Fsp3) is 0.706. The van der Waals surface area contributed by atoms with Gasteiger partial charge in [-0.05, 0) is 10.8 Å². The molecule has 2 aliphatic rings. The second kappa shape index (κ2) is 17.9. The number of carboxylic acids is 4. The van der Waals surface area contributed by atoms with Crippen LogP contribution >= 0.6 is 0 Å². The Hall–Kier alpha value is -4.98. The molecule has 0 radical (unpaired) electrons. The molecule has 54 heavy (non-hydrogen) atoms. The summed E-state index contributed by atoms with van der Waals surface area (Å²) in [6.07, 6.45) is -3.21. The lowest BCUT2D eigenvalue weighted by Crippen LogP contribution is -2.66. The predicted octanol–water partition coefficient (Wildman–Crippen LogP) is -0.244. The topological polar surface area (TPSA) is 301 Å². The molecule has 302 valence electrons. The summed E-state index contributed by atoms with van der Waals surface area (Å²) >= 11 is 0. The lowest BCUT2D eigenvalue weighted by molar-refractivity contribution is -0.162. The molecule has 2 rings (SSSR count). The van der Waals surface area contributed by atoms with Gasteiger partial charge < -0.3 is 40.5 Å². The number of imide groups is 2. The van der Waals surface area contributed by atoms with Crippen LogP contribution in [0.3, 0.4) is 0 Å². The van der Waals surface area contributed by atoms with E-state index < -0.39 is 106 Å². The Balaban J connectivity index is 1.95. The van der Waals surface area contributed by atoms with Crippen molar-refractivity contribution in [3.63, 3.8) is 0 Å². The van der Waals surface area contributed by atoms with Gasteiger partial charge in [-0.3, -0.25) is 38.6 Å². The summed E-state index contributed by atoms with van der Waals surface area (Å²) in [6.45, 7) is 8.07. The molecule has 0 aliphatic carbocycles. The SMILES string of the molecule is CC(C)(C)[C@](CC(C(=O)O)N1C(=O)CCC1=O)(NC(=O)CCOCCOCCC(=O)N[C@](CC(C(=O)O)N1C(=O)CCC1=O)(C(=O)O)C(C)(C)C)C(=O)O. The molecule has 2 unspecified atom stereocenters. The van der Waals surface area contributed by atoms with Crippen LogP contribution in [0.1, 0.15) is 92.9 Å². The number of ether oxygens (including phenoxy) is 2. The van der Waals surface area contributed by atoms with Crippen molar-refractivity contribution in [3.05, 3.63) is 0 Å². The maximum atomic E-state index is 12.9. The van der Waals surface area contributed by atoms with E-state index in [9.17, 15) is 68.4 Å². The molecule has 20 heteroatoms. The average Bonchev–Trinajstić information content (AvgIpc) is 3.55. The van der Waals surface area contributed by atoms with Crippen LogP contribution < -0.4 is 10.6 Å². The number of carboxylic acid groups (broad SMARTS) is 4. The molecule has 2 heterocycles. The lowest BCUT2D eigenvalue weighted by atomic mass is 9.69. The van der Waals surface area contributed by atoms with Gasteiger partial charge in [-0.25, -0.2) is 19.2 Å². The smallest absolute Gasteiger partial charge is 0.330 e. The van der Waals surface area contributed by atoms with E-state index >= 15 is 0 Å². The predicted molar refractivity (Wildman–Crippen MR) is 181 cm³/mol. The van der Waals surface area contributed by atoms with E-state index in [1.54, 1.807) is 0 Å². The molecule has 2 aliphatic heterocycles. The highest BCUT2D eigenvalue weighted by atomic mass is 16.5. The van der Waals surface area contributed by atoms with Crippen molar-refractivity contribution in [1.82, 2.24) is 20.4 Å².